The van der Waals surface area contributed by atoms with E-state index in [-0.39, 0.29) is 24.6 Å². The average Bonchev–Trinajstić information content (AvgIpc) is 2.44. The molecule has 5 heteroatoms. The zero-order valence-electron chi connectivity index (χ0n) is 9.27. The second-order valence-corrected chi connectivity index (χ2v) is 3.89. The van der Waals surface area contributed by atoms with Gasteiger partial charge in [0.2, 0.25) is 5.91 Å². The van der Waals surface area contributed by atoms with Crippen molar-refractivity contribution in [3.05, 3.63) is 0 Å². The van der Waals surface area contributed by atoms with Crippen molar-refractivity contribution in [1.29, 1.82) is 0 Å². The summed E-state index contributed by atoms with van der Waals surface area (Å²) >= 11 is 0. The number of imide groups is 1. The van der Waals surface area contributed by atoms with Gasteiger partial charge in [-0.25, -0.2) is 4.79 Å². The van der Waals surface area contributed by atoms with Gasteiger partial charge >= 0.3 is 6.03 Å². The van der Waals surface area contributed by atoms with Crippen LogP contribution in [-0.2, 0) is 4.79 Å². The second-order valence-electron chi connectivity index (χ2n) is 3.89. The standard InChI is InChI=1S/C10H18N2O3/c1-3-8(13)5-4-6-12-9(14)7-11(2)10(12)15/h8,13H,3-7H2,1-2H3. The molecule has 5 nitrogen and oxygen atoms in total. The number of carbonyl (C=O) groups excluding carboxylic acids is 2. The first-order chi connectivity index (χ1) is 7.06. The molecule has 0 aromatic carbocycles. The van der Waals surface area contributed by atoms with Gasteiger partial charge in [0.15, 0.2) is 0 Å². The van der Waals surface area contributed by atoms with Crippen LogP contribution in [0, 0.1) is 0 Å². The van der Waals surface area contributed by atoms with Crippen LogP contribution in [0.3, 0.4) is 0 Å². The summed E-state index contributed by atoms with van der Waals surface area (Å²) in [6.45, 7) is 2.50. The van der Waals surface area contributed by atoms with Crippen LogP contribution in [0.5, 0.6) is 0 Å². The molecule has 1 unspecified atom stereocenters. The Labute approximate surface area is 89.7 Å². The van der Waals surface area contributed by atoms with Crippen LogP contribution in [0.4, 0.5) is 4.79 Å². The fraction of sp³-hybridized carbons (Fsp3) is 0.800. The minimum Gasteiger partial charge on any atom is -0.393 e. The van der Waals surface area contributed by atoms with Crippen molar-refractivity contribution in [3.8, 4) is 0 Å². The highest BCUT2D eigenvalue weighted by molar-refractivity contribution is 6.01. The Morgan fingerprint density at radius 1 is 1.47 bits per heavy atom. The van der Waals surface area contributed by atoms with Gasteiger partial charge in [-0.3, -0.25) is 9.69 Å². The van der Waals surface area contributed by atoms with E-state index >= 15 is 0 Å². The van der Waals surface area contributed by atoms with E-state index in [0.29, 0.717) is 25.8 Å². The molecule has 1 aliphatic heterocycles. The predicted octanol–water partition coefficient (Wildman–Crippen LogP) is 0.431. The molecule has 1 N–H and O–H groups in total. The van der Waals surface area contributed by atoms with Crippen molar-refractivity contribution < 1.29 is 14.7 Å². The number of hydrogen-bond acceptors (Lipinski definition) is 3. The third-order valence-corrected chi connectivity index (χ3v) is 2.62. The van der Waals surface area contributed by atoms with Crippen molar-refractivity contribution in [1.82, 2.24) is 9.80 Å². The van der Waals surface area contributed by atoms with Crippen LogP contribution in [-0.4, -0.2) is 53.1 Å². The molecular formula is C10H18N2O3. The van der Waals surface area contributed by atoms with Crippen LogP contribution in [0.25, 0.3) is 0 Å². The summed E-state index contributed by atoms with van der Waals surface area (Å²) in [5.74, 6) is -0.145. The van der Waals surface area contributed by atoms with Gasteiger partial charge in [-0.05, 0) is 19.3 Å². The lowest BCUT2D eigenvalue weighted by Crippen LogP contribution is -2.32. The molecule has 0 aliphatic carbocycles. The summed E-state index contributed by atoms with van der Waals surface area (Å²) in [4.78, 5) is 25.4. The molecule has 1 aliphatic rings. The number of aliphatic hydroxyl groups excluding tert-OH is 1. The Bertz CT molecular complexity index is 255. The second kappa shape index (κ2) is 5.11. The first kappa shape index (κ1) is 12.0. The summed E-state index contributed by atoms with van der Waals surface area (Å²) < 4.78 is 0. The lowest BCUT2D eigenvalue weighted by Gasteiger charge is -2.14. The monoisotopic (exact) mass is 214 g/mol. The molecule has 1 saturated heterocycles. The SMILES string of the molecule is CCC(O)CCCN1C(=O)CN(C)C1=O. The topological polar surface area (TPSA) is 60.9 Å². The van der Waals surface area contributed by atoms with E-state index in [9.17, 15) is 14.7 Å². The third kappa shape index (κ3) is 2.92. The molecule has 1 rings (SSSR count). The number of nitrogens with zero attached hydrogens (tertiary/aromatic N) is 2. The largest absolute Gasteiger partial charge is 0.393 e. The minimum atomic E-state index is -0.324. The first-order valence-corrected chi connectivity index (χ1v) is 5.29. The molecule has 0 radical (unpaired) electrons. The van der Waals surface area contributed by atoms with Crippen molar-refractivity contribution in [2.45, 2.75) is 32.3 Å². The Morgan fingerprint density at radius 3 is 2.60 bits per heavy atom. The summed E-state index contributed by atoms with van der Waals surface area (Å²) in [5.41, 5.74) is 0. The smallest absolute Gasteiger partial charge is 0.326 e. The molecule has 1 atom stereocenters. The fourth-order valence-corrected chi connectivity index (χ4v) is 1.58. The van der Waals surface area contributed by atoms with Gasteiger partial charge in [0, 0.05) is 13.6 Å². The molecule has 15 heavy (non-hydrogen) atoms. The lowest BCUT2D eigenvalue weighted by atomic mass is 10.1. The molecule has 3 amide bonds. The van der Waals surface area contributed by atoms with Crippen LogP contribution in [0.1, 0.15) is 26.2 Å². The average molecular weight is 214 g/mol. The van der Waals surface area contributed by atoms with E-state index in [2.05, 4.69) is 0 Å². The summed E-state index contributed by atoms with van der Waals surface area (Å²) in [7, 11) is 1.61. The van der Waals surface area contributed by atoms with E-state index in [1.807, 2.05) is 6.92 Å². The lowest BCUT2D eigenvalue weighted by molar-refractivity contribution is -0.125. The molecule has 0 spiro atoms. The third-order valence-electron chi connectivity index (χ3n) is 2.62. The molecular weight excluding hydrogens is 196 g/mol. The fourth-order valence-electron chi connectivity index (χ4n) is 1.58. The van der Waals surface area contributed by atoms with Crippen LogP contribution in [0.15, 0.2) is 0 Å². The maximum absolute atomic E-state index is 11.4. The molecule has 1 fully saturated rings. The van der Waals surface area contributed by atoms with E-state index in [1.165, 1.54) is 9.80 Å². The van der Waals surface area contributed by atoms with Gasteiger partial charge < -0.3 is 10.0 Å². The number of rotatable bonds is 5. The van der Waals surface area contributed by atoms with Crippen molar-refractivity contribution in [2.24, 2.45) is 0 Å². The zero-order chi connectivity index (χ0) is 11.4. The van der Waals surface area contributed by atoms with E-state index in [4.69, 9.17) is 0 Å². The van der Waals surface area contributed by atoms with Gasteiger partial charge in [0.05, 0.1) is 6.10 Å². The molecule has 0 bridgehead atoms. The summed E-state index contributed by atoms with van der Waals surface area (Å²) in [6, 6.07) is -0.231. The number of hydrogen-bond donors (Lipinski definition) is 1. The summed E-state index contributed by atoms with van der Waals surface area (Å²) in [6.07, 6.45) is 1.69. The highest BCUT2D eigenvalue weighted by Crippen LogP contribution is 2.10. The van der Waals surface area contributed by atoms with Gasteiger partial charge in [-0.15, -0.1) is 0 Å². The first-order valence-electron chi connectivity index (χ1n) is 5.29. The van der Waals surface area contributed by atoms with Crippen LogP contribution < -0.4 is 0 Å². The zero-order valence-corrected chi connectivity index (χ0v) is 9.27. The summed E-state index contributed by atoms with van der Waals surface area (Å²) in [5, 5.41) is 9.32. The molecule has 86 valence electrons. The molecule has 0 aromatic heterocycles. The molecule has 0 saturated carbocycles. The van der Waals surface area contributed by atoms with E-state index in [0.717, 1.165) is 0 Å². The van der Waals surface area contributed by atoms with Gasteiger partial charge in [0.1, 0.15) is 6.54 Å². The Hall–Kier alpha value is -1.10. The highest BCUT2D eigenvalue weighted by Gasteiger charge is 2.32. The molecule has 0 aromatic rings. The maximum atomic E-state index is 11.4. The van der Waals surface area contributed by atoms with E-state index in [1.54, 1.807) is 7.05 Å². The highest BCUT2D eigenvalue weighted by atomic mass is 16.3. The Balaban J connectivity index is 2.32. The predicted molar refractivity (Wildman–Crippen MR) is 55.3 cm³/mol. The Kier molecular flexibility index (Phi) is 4.08. The Morgan fingerprint density at radius 2 is 2.13 bits per heavy atom. The normalized spacial score (nSPS) is 18.9. The van der Waals surface area contributed by atoms with Gasteiger partial charge in [-0.2, -0.15) is 0 Å². The van der Waals surface area contributed by atoms with Gasteiger partial charge in [-0.1, -0.05) is 6.92 Å². The van der Waals surface area contributed by atoms with Crippen LogP contribution in [0.2, 0.25) is 0 Å². The van der Waals surface area contributed by atoms with Crippen molar-refractivity contribution >= 4 is 11.9 Å². The quantitative estimate of drug-likeness (QED) is 0.675. The minimum absolute atomic E-state index is 0.145. The van der Waals surface area contributed by atoms with Crippen molar-refractivity contribution in [2.75, 3.05) is 20.1 Å². The van der Waals surface area contributed by atoms with E-state index < -0.39 is 0 Å². The number of urea groups is 1. The number of likely N-dealkylation sites (N-methyl/N-ethyl adjacent to an activating group) is 1. The number of aliphatic hydroxyl groups is 1. The number of carbonyl (C=O) groups is 2. The van der Waals surface area contributed by atoms with Crippen LogP contribution >= 0.6 is 0 Å². The molecule has 1 heterocycles. The van der Waals surface area contributed by atoms with Crippen molar-refractivity contribution in [3.63, 3.8) is 0 Å². The number of amides is 3. The maximum Gasteiger partial charge on any atom is 0.326 e. The van der Waals surface area contributed by atoms with Gasteiger partial charge in [0.25, 0.3) is 0 Å².